The Hall–Kier alpha value is -1.13. The number of carbonyl (C=O) groups excluding carboxylic acids is 1. The molecule has 0 radical (unpaired) electrons. The Bertz CT molecular complexity index is 479. The van der Waals surface area contributed by atoms with Crippen molar-refractivity contribution in [3.63, 3.8) is 0 Å². The number of rotatable bonds is 1. The summed E-state index contributed by atoms with van der Waals surface area (Å²) in [5.74, 6) is -0.0345. The molecular weight excluding hydrogens is 277 g/mol. The number of aromatic hydroxyl groups is 1. The number of halogens is 2. The molecule has 6 heteroatoms. The van der Waals surface area contributed by atoms with Gasteiger partial charge in [0.1, 0.15) is 12.4 Å². The fourth-order valence-corrected chi connectivity index (χ4v) is 2.60. The molecule has 0 aliphatic carbocycles. The van der Waals surface area contributed by atoms with E-state index in [1.165, 1.54) is 12.1 Å². The second-order valence-corrected chi connectivity index (χ2v) is 5.81. The number of hydrogen-bond acceptors (Lipinski definition) is 3. The summed E-state index contributed by atoms with van der Waals surface area (Å²) in [6.45, 7) is 4.09. The second-order valence-electron chi connectivity index (χ2n) is 4.96. The summed E-state index contributed by atoms with van der Waals surface area (Å²) in [4.78, 5) is 11.3. The van der Waals surface area contributed by atoms with Crippen LogP contribution in [0.15, 0.2) is 12.1 Å². The lowest BCUT2D eigenvalue weighted by molar-refractivity contribution is 0.0381. The van der Waals surface area contributed by atoms with Gasteiger partial charge in [-0.15, -0.1) is 0 Å². The number of benzene rings is 1. The van der Waals surface area contributed by atoms with Gasteiger partial charge in [-0.3, -0.25) is 0 Å². The molecule has 1 amide bonds. The molecule has 2 N–H and O–H groups in total. The summed E-state index contributed by atoms with van der Waals surface area (Å²) in [6.07, 6.45) is -0.523. The smallest absolute Gasteiger partial charge is 0.407 e. The first-order valence-corrected chi connectivity index (χ1v) is 6.18. The van der Waals surface area contributed by atoms with E-state index in [0.717, 1.165) is 0 Å². The highest BCUT2D eigenvalue weighted by atomic mass is 35.5. The van der Waals surface area contributed by atoms with Gasteiger partial charge in [0, 0.05) is 16.0 Å². The van der Waals surface area contributed by atoms with Gasteiger partial charge < -0.3 is 15.2 Å². The Morgan fingerprint density at radius 3 is 2.72 bits per heavy atom. The molecule has 2 rings (SSSR count). The SMILES string of the molecule is CC1(C)COC(=O)N[C@H]1c1c(O)cc(Cl)cc1Cl. The molecule has 0 bridgehead atoms. The molecule has 98 valence electrons. The fourth-order valence-electron chi connectivity index (χ4n) is 2.01. The number of carbonyl (C=O) groups is 1. The standard InChI is InChI=1S/C12H13Cl2NO3/c1-12(2)5-18-11(17)15-10(12)9-7(14)3-6(13)4-8(9)16/h3-4,10,16H,5H2,1-2H3,(H,15,17)/t10-/m0/s1. The maximum atomic E-state index is 11.3. The van der Waals surface area contributed by atoms with Crippen LogP contribution in [-0.4, -0.2) is 17.8 Å². The molecule has 1 atom stereocenters. The highest BCUT2D eigenvalue weighted by Gasteiger charge is 2.40. The van der Waals surface area contributed by atoms with E-state index in [4.69, 9.17) is 27.9 Å². The zero-order valence-corrected chi connectivity index (χ0v) is 11.5. The highest BCUT2D eigenvalue weighted by Crippen LogP contribution is 2.44. The Labute approximate surface area is 115 Å². The van der Waals surface area contributed by atoms with Crippen LogP contribution >= 0.6 is 23.2 Å². The van der Waals surface area contributed by atoms with E-state index in [9.17, 15) is 9.90 Å². The molecule has 4 nitrogen and oxygen atoms in total. The minimum Gasteiger partial charge on any atom is -0.507 e. The average Bonchev–Trinajstić information content (AvgIpc) is 2.22. The summed E-state index contributed by atoms with van der Waals surface area (Å²) in [5, 5.41) is 13.3. The number of phenols is 1. The molecule has 1 heterocycles. The van der Waals surface area contributed by atoms with Crippen LogP contribution in [0.1, 0.15) is 25.5 Å². The number of nitrogens with one attached hydrogen (secondary N) is 1. The van der Waals surface area contributed by atoms with Crippen LogP contribution in [0.4, 0.5) is 4.79 Å². The Morgan fingerprint density at radius 2 is 2.11 bits per heavy atom. The average molecular weight is 290 g/mol. The van der Waals surface area contributed by atoms with E-state index in [1.807, 2.05) is 13.8 Å². The van der Waals surface area contributed by atoms with Gasteiger partial charge in [-0.1, -0.05) is 37.0 Å². The largest absolute Gasteiger partial charge is 0.507 e. The summed E-state index contributed by atoms with van der Waals surface area (Å²) < 4.78 is 4.95. The molecule has 1 aliphatic heterocycles. The lowest BCUT2D eigenvalue weighted by atomic mass is 9.80. The van der Waals surface area contributed by atoms with Crippen LogP contribution in [0.5, 0.6) is 5.75 Å². The predicted octanol–water partition coefficient (Wildman–Crippen LogP) is 3.51. The predicted molar refractivity (Wildman–Crippen MR) is 69.1 cm³/mol. The molecule has 0 spiro atoms. The van der Waals surface area contributed by atoms with Gasteiger partial charge in [-0.05, 0) is 12.1 Å². The van der Waals surface area contributed by atoms with E-state index in [2.05, 4.69) is 5.32 Å². The number of cyclic esters (lactones) is 1. The number of hydrogen-bond donors (Lipinski definition) is 2. The molecule has 0 unspecified atom stereocenters. The van der Waals surface area contributed by atoms with Crippen LogP contribution in [0.3, 0.4) is 0 Å². The van der Waals surface area contributed by atoms with E-state index < -0.39 is 12.1 Å². The van der Waals surface area contributed by atoms with Gasteiger partial charge in [0.15, 0.2) is 0 Å². The molecular formula is C12H13Cl2NO3. The van der Waals surface area contributed by atoms with Crippen molar-refractivity contribution in [1.82, 2.24) is 5.32 Å². The zero-order valence-electron chi connectivity index (χ0n) is 9.96. The summed E-state index contributed by atoms with van der Waals surface area (Å²) in [5.41, 5.74) is 0.0748. The van der Waals surface area contributed by atoms with Crippen LogP contribution in [0.25, 0.3) is 0 Å². The molecule has 0 aromatic heterocycles. The molecule has 1 aliphatic rings. The maximum absolute atomic E-state index is 11.3. The zero-order chi connectivity index (χ0) is 13.5. The lowest BCUT2D eigenvalue weighted by Crippen LogP contribution is -2.47. The van der Waals surface area contributed by atoms with Gasteiger partial charge in [0.05, 0.1) is 11.1 Å². The third-order valence-corrected chi connectivity index (χ3v) is 3.51. The van der Waals surface area contributed by atoms with E-state index in [-0.39, 0.29) is 17.8 Å². The minimum absolute atomic E-state index is 0.0345. The van der Waals surface area contributed by atoms with Crippen molar-refractivity contribution < 1.29 is 14.6 Å². The van der Waals surface area contributed by atoms with E-state index in [1.54, 1.807) is 0 Å². The third-order valence-electron chi connectivity index (χ3n) is 2.98. The first kappa shape index (κ1) is 13.3. The van der Waals surface area contributed by atoms with Crippen molar-refractivity contribution in [2.75, 3.05) is 6.61 Å². The number of amides is 1. The Morgan fingerprint density at radius 1 is 1.44 bits per heavy atom. The van der Waals surface area contributed by atoms with Crippen LogP contribution < -0.4 is 5.32 Å². The third kappa shape index (κ3) is 2.35. The van der Waals surface area contributed by atoms with Crippen molar-refractivity contribution in [2.24, 2.45) is 5.41 Å². The summed E-state index contributed by atoms with van der Waals surface area (Å²) in [6, 6.07) is 2.51. The molecule has 1 aromatic carbocycles. The molecule has 0 saturated carbocycles. The topological polar surface area (TPSA) is 58.6 Å². The van der Waals surface area contributed by atoms with Gasteiger partial charge in [-0.2, -0.15) is 0 Å². The number of phenolic OH excluding ortho intramolecular Hbond substituents is 1. The maximum Gasteiger partial charge on any atom is 0.407 e. The Balaban J connectivity index is 2.49. The summed E-state index contributed by atoms with van der Waals surface area (Å²) >= 11 is 11.9. The molecule has 1 aromatic rings. The normalized spacial score (nSPS) is 22.2. The molecule has 18 heavy (non-hydrogen) atoms. The Kier molecular flexibility index (Phi) is 3.34. The van der Waals surface area contributed by atoms with Crippen LogP contribution in [-0.2, 0) is 4.74 Å². The highest BCUT2D eigenvalue weighted by molar-refractivity contribution is 6.35. The molecule has 1 saturated heterocycles. The van der Waals surface area contributed by atoms with Crippen LogP contribution in [0.2, 0.25) is 10.0 Å². The number of ether oxygens (including phenoxy) is 1. The minimum atomic E-state index is -0.523. The van der Waals surface area contributed by atoms with Gasteiger partial charge in [0.25, 0.3) is 0 Å². The quantitative estimate of drug-likeness (QED) is 0.832. The van der Waals surface area contributed by atoms with Crippen molar-refractivity contribution >= 4 is 29.3 Å². The van der Waals surface area contributed by atoms with Crippen molar-refractivity contribution in [3.8, 4) is 5.75 Å². The van der Waals surface area contributed by atoms with Gasteiger partial charge in [0.2, 0.25) is 0 Å². The summed E-state index contributed by atoms with van der Waals surface area (Å²) in [7, 11) is 0. The molecule has 1 fully saturated rings. The van der Waals surface area contributed by atoms with E-state index >= 15 is 0 Å². The lowest BCUT2D eigenvalue weighted by Gasteiger charge is -2.39. The van der Waals surface area contributed by atoms with Crippen molar-refractivity contribution in [2.45, 2.75) is 19.9 Å². The first-order valence-electron chi connectivity index (χ1n) is 5.42. The van der Waals surface area contributed by atoms with Gasteiger partial charge >= 0.3 is 6.09 Å². The fraction of sp³-hybridized carbons (Fsp3) is 0.417. The van der Waals surface area contributed by atoms with Crippen molar-refractivity contribution in [1.29, 1.82) is 0 Å². The second kappa shape index (κ2) is 4.52. The van der Waals surface area contributed by atoms with Gasteiger partial charge in [-0.25, -0.2) is 4.79 Å². The monoisotopic (exact) mass is 289 g/mol. The van der Waals surface area contributed by atoms with Crippen molar-refractivity contribution in [3.05, 3.63) is 27.7 Å². The number of alkyl carbamates (subject to hydrolysis) is 1. The first-order chi connectivity index (χ1) is 8.31. The van der Waals surface area contributed by atoms with Crippen LogP contribution in [0, 0.1) is 5.41 Å². The van der Waals surface area contributed by atoms with E-state index in [0.29, 0.717) is 15.6 Å².